The molecule has 2 N–H and O–H groups in total. The number of aromatic carboxylic acids is 1. The number of carboxylic acids is 1. The summed E-state index contributed by atoms with van der Waals surface area (Å²) in [5, 5.41) is 19.0. The SMILES string of the molecule is O=C(O)c1cc2c(nc1N1CCC(Cc3ccc(O)cc3)C1)CCC2. The minimum absolute atomic E-state index is 0.283. The third kappa shape index (κ3) is 3.18. The highest BCUT2D eigenvalue weighted by Crippen LogP contribution is 2.31. The molecular formula is C20H22N2O3. The lowest BCUT2D eigenvalue weighted by Gasteiger charge is -2.21. The fourth-order valence-electron chi connectivity index (χ4n) is 4.02. The second-order valence-corrected chi connectivity index (χ2v) is 7.10. The van der Waals surface area contributed by atoms with E-state index < -0.39 is 5.97 Å². The van der Waals surface area contributed by atoms with Crippen molar-refractivity contribution in [1.29, 1.82) is 0 Å². The number of phenols is 1. The molecule has 0 radical (unpaired) electrons. The molecule has 0 saturated carbocycles. The van der Waals surface area contributed by atoms with Crippen molar-refractivity contribution in [2.24, 2.45) is 5.92 Å². The summed E-state index contributed by atoms with van der Waals surface area (Å²) in [6.07, 6.45) is 4.91. The van der Waals surface area contributed by atoms with Gasteiger partial charge in [0, 0.05) is 18.8 Å². The van der Waals surface area contributed by atoms with E-state index in [2.05, 4.69) is 4.90 Å². The molecule has 1 aliphatic heterocycles. The molecule has 2 aromatic rings. The van der Waals surface area contributed by atoms with E-state index in [0.29, 0.717) is 17.3 Å². The van der Waals surface area contributed by atoms with Crippen LogP contribution in [0.2, 0.25) is 0 Å². The van der Waals surface area contributed by atoms with E-state index in [-0.39, 0.29) is 5.75 Å². The Hall–Kier alpha value is -2.56. The summed E-state index contributed by atoms with van der Waals surface area (Å²) in [6, 6.07) is 9.17. The van der Waals surface area contributed by atoms with Gasteiger partial charge in [-0.05, 0) is 67.3 Å². The van der Waals surface area contributed by atoms with Gasteiger partial charge in [-0.15, -0.1) is 0 Å². The maximum absolute atomic E-state index is 11.7. The molecule has 4 rings (SSSR count). The Balaban J connectivity index is 1.53. The van der Waals surface area contributed by atoms with Crippen LogP contribution in [0.4, 0.5) is 5.82 Å². The van der Waals surface area contributed by atoms with Crippen molar-refractivity contribution in [3.63, 3.8) is 0 Å². The Morgan fingerprint density at radius 3 is 2.80 bits per heavy atom. The number of benzene rings is 1. The van der Waals surface area contributed by atoms with Crippen LogP contribution >= 0.6 is 0 Å². The van der Waals surface area contributed by atoms with Gasteiger partial charge in [-0.25, -0.2) is 9.78 Å². The van der Waals surface area contributed by atoms with E-state index in [4.69, 9.17) is 4.98 Å². The summed E-state index contributed by atoms with van der Waals surface area (Å²) in [6.45, 7) is 1.67. The van der Waals surface area contributed by atoms with Gasteiger partial charge in [0.2, 0.25) is 0 Å². The van der Waals surface area contributed by atoms with Gasteiger partial charge in [0.25, 0.3) is 0 Å². The average Bonchev–Trinajstić information content (AvgIpc) is 3.24. The molecule has 1 aromatic heterocycles. The third-order valence-electron chi connectivity index (χ3n) is 5.31. The highest BCUT2D eigenvalue weighted by molar-refractivity contribution is 5.93. The van der Waals surface area contributed by atoms with Gasteiger partial charge in [-0.3, -0.25) is 0 Å². The normalized spacial score (nSPS) is 19.2. The van der Waals surface area contributed by atoms with Crippen molar-refractivity contribution in [2.45, 2.75) is 32.1 Å². The van der Waals surface area contributed by atoms with Gasteiger partial charge in [0.1, 0.15) is 17.1 Å². The number of aromatic hydroxyl groups is 1. The Bertz CT molecular complexity index is 801. The zero-order chi connectivity index (χ0) is 17.4. The molecule has 1 atom stereocenters. The fraction of sp³-hybridized carbons (Fsp3) is 0.400. The molecule has 1 aliphatic carbocycles. The minimum Gasteiger partial charge on any atom is -0.508 e. The summed E-state index contributed by atoms with van der Waals surface area (Å²) < 4.78 is 0. The first-order valence-electron chi connectivity index (χ1n) is 8.89. The standard InChI is InChI=1S/C20H22N2O3/c23-16-6-4-13(5-7-16)10-14-8-9-22(12-14)19-17(20(24)25)11-15-2-1-3-18(15)21-19/h4-7,11,14,23H,1-3,8-10,12H2,(H,24,25). The first kappa shape index (κ1) is 15.9. The molecule has 0 amide bonds. The van der Waals surface area contributed by atoms with Crippen LogP contribution < -0.4 is 4.90 Å². The monoisotopic (exact) mass is 338 g/mol. The number of phenolic OH excluding ortho intramolecular Hbond substituents is 1. The number of carbonyl (C=O) groups is 1. The number of anilines is 1. The van der Waals surface area contributed by atoms with Crippen LogP contribution in [0.25, 0.3) is 0 Å². The van der Waals surface area contributed by atoms with Crippen molar-refractivity contribution < 1.29 is 15.0 Å². The Morgan fingerprint density at radius 2 is 2.04 bits per heavy atom. The second-order valence-electron chi connectivity index (χ2n) is 7.10. The number of fused-ring (bicyclic) bond motifs is 1. The molecule has 1 fully saturated rings. The van der Waals surface area contributed by atoms with Crippen LogP contribution in [0.15, 0.2) is 30.3 Å². The van der Waals surface area contributed by atoms with E-state index in [1.165, 1.54) is 5.56 Å². The molecule has 2 heterocycles. The first-order chi connectivity index (χ1) is 12.1. The van der Waals surface area contributed by atoms with Gasteiger partial charge >= 0.3 is 5.97 Å². The summed E-state index contributed by atoms with van der Waals surface area (Å²) in [5.74, 6) is 0.507. The van der Waals surface area contributed by atoms with Crippen molar-refractivity contribution in [3.8, 4) is 5.75 Å². The summed E-state index contributed by atoms with van der Waals surface area (Å²) >= 11 is 0. The summed E-state index contributed by atoms with van der Waals surface area (Å²) in [5.41, 5.74) is 3.71. The van der Waals surface area contributed by atoms with E-state index in [1.54, 1.807) is 12.1 Å². The van der Waals surface area contributed by atoms with Crippen molar-refractivity contribution >= 4 is 11.8 Å². The van der Waals surface area contributed by atoms with Gasteiger partial charge < -0.3 is 15.1 Å². The highest BCUT2D eigenvalue weighted by Gasteiger charge is 2.29. The number of carboxylic acid groups (broad SMARTS) is 1. The lowest BCUT2D eigenvalue weighted by molar-refractivity contribution is 0.0697. The fourth-order valence-corrected chi connectivity index (χ4v) is 4.02. The van der Waals surface area contributed by atoms with Gasteiger partial charge in [0.15, 0.2) is 0 Å². The highest BCUT2D eigenvalue weighted by atomic mass is 16.4. The average molecular weight is 338 g/mol. The predicted molar refractivity (Wildman–Crippen MR) is 95.4 cm³/mol. The van der Waals surface area contributed by atoms with Crippen LogP contribution in [-0.2, 0) is 19.3 Å². The van der Waals surface area contributed by atoms with Gasteiger partial charge in [0.05, 0.1) is 0 Å². The van der Waals surface area contributed by atoms with Crippen molar-refractivity contribution in [1.82, 2.24) is 4.98 Å². The van der Waals surface area contributed by atoms with E-state index in [9.17, 15) is 15.0 Å². The number of aryl methyl sites for hydroxylation is 2. The maximum atomic E-state index is 11.7. The molecule has 5 heteroatoms. The summed E-state index contributed by atoms with van der Waals surface area (Å²) in [4.78, 5) is 18.5. The number of nitrogens with zero attached hydrogens (tertiary/aromatic N) is 2. The van der Waals surface area contributed by atoms with Crippen LogP contribution in [0.3, 0.4) is 0 Å². The van der Waals surface area contributed by atoms with Crippen molar-refractivity contribution in [3.05, 3.63) is 52.7 Å². The molecule has 5 nitrogen and oxygen atoms in total. The van der Waals surface area contributed by atoms with Crippen LogP contribution in [0.5, 0.6) is 5.75 Å². The lowest BCUT2D eigenvalue weighted by Crippen LogP contribution is -2.24. The van der Waals surface area contributed by atoms with Crippen LogP contribution in [0, 0.1) is 5.92 Å². The zero-order valence-corrected chi connectivity index (χ0v) is 14.1. The predicted octanol–water partition coefficient (Wildman–Crippen LogP) is 3.04. The van der Waals surface area contributed by atoms with Crippen LogP contribution in [0.1, 0.15) is 40.0 Å². The topological polar surface area (TPSA) is 73.7 Å². The maximum Gasteiger partial charge on any atom is 0.339 e. The zero-order valence-electron chi connectivity index (χ0n) is 14.1. The molecule has 130 valence electrons. The third-order valence-corrected chi connectivity index (χ3v) is 5.31. The Morgan fingerprint density at radius 1 is 1.24 bits per heavy atom. The van der Waals surface area contributed by atoms with Gasteiger partial charge in [-0.2, -0.15) is 0 Å². The molecular weight excluding hydrogens is 316 g/mol. The smallest absolute Gasteiger partial charge is 0.339 e. The Labute approximate surface area is 146 Å². The molecule has 1 saturated heterocycles. The summed E-state index contributed by atoms with van der Waals surface area (Å²) in [7, 11) is 0. The number of pyridine rings is 1. The molecule has 0 spiro atoms. The largest absolute Gasteiger partial charge is 0.508 e. The minimum atomic E-state index is -0.890. The van der Waals surface area contributed by atoms with Gasteiger partial charge in [-0.1, -0.05) is 12.1 Å². The van der Waals surface area contributed by atoms with Crippen LogP contribution in [-0.4, -0.2) is 34.3 Å². The second kappa shape index (κ2) is 6.39. The molecule has 2 aliphatic rings. The molecule has 25 heavy (non-hydrogen) atoms. The number of hydrogen-bond acceptors (Lipinski definition) is 4. The molecule has 0 bridgehead atoms. The van der Waals surface area contributed by atoms with E-state index in [1.807, 2.05) is 18.2 Å². The number of rotatable bonds is 4. The number of aromatic nitrogens is 1. The number of hydrogen-bond donors (Lipinski definition) is 2. The molecule has 1 aromatic carbocycles. The van der Waals surface area contributed by atoms with E-state index >= 15 is 0 Å². The molecule has 1 unspecified atom stereocenters. The Kier molecular flexibility index (Phi) is 4.07. The van der Waals surface area contributed by atoms with E-state index in [0.717, 1.165) is 56.5 Å². The van der Waals surface area contributed by atoms with Crippen molar-refractivity contribution in [2.75, 3.05) is 18.0 Å². The quantitative estimate of drug-likeness (QED) is 0.896. The lowest BCUT2D eigenvalue weighted by atomic mass is 9.99. The first-order valence-corrected chi connectivity index (χ1v) is 8.89.